The van der Waals surface area contributed by atoms with Gasteiger partial charge in [-0.05, 0) is 61.9 Å². The van der Waals surface area contributed by atoms with E-state index in [2.05, 4.69) is 4.98 Å². The number of fused-ring (bicyclic) bond motifs is 3. The van der Waals surface area contributed by atoms with Gasteiger partial charge in [-0.1, -0.05) is 0 Å². The molecule has 0 saturated carbocycles. The number of nitrogens with one attached hydrogen (secondary N) is 1. The highest BCUT2D eigenvalue weighted by atomic mass is 32.2. The lowest BCUT2D eigenvalue weighted by Gasteiger charge is -2.26. The zero-order valence-corrected chi connectivity index (χ0v) is 16.0. The summed E-state index contributed by atoms with van der Waals surface area (Å²) in [6.07, 6.45) is 0.592. The summed E-state index contributed by atoms with van der Waals surface area (Å²) >= 11 is 0. The van der Waals surface area contributed by atoms with Gasteiger partial charge >= 0.3 is 0 Å². The number of aromatic nitrogens is 1. The van der Waals surface area contributed by atoms with Gasteiger partial charge in [0.05, 0.1) is 11.0 Å². The van der Waals surface area contributed by atoms with Crippen LogP contribution in [0.4, 0.5) is 4.39 Å². The maximum absolute atomic E-state index is 13.7. The van der Waals surface area contributed by atoms with Crippen LogP contribution >= 0.6 is 0 Å². The molecule has 0 saturated heterocycles. The minimum absolute atomic E-state index is 0.0234. The maximum atomic E-state index is 13.7. The van der Waals surface area contributed by atoms with Crippen molar-refractivity contribution < 1.29 is 17.5 Å². The first-order chi connectivity index (χ1) is 12.8. The monoisotopic (exact) mass is 388 g/mol. The van der Waals surface area contributed by atoms with Gasteiger partial charge in [0.1, 0.15) is 11.6 Å². The Morgan fingerprint density at radius 2 is 1.89 bits per heavy atom. The number of hydrogen-bond donors (Lipinski definition) is 1. The van der Waals surface area contributed by atoms with Crippen LogP contribution in [0.25, 0.3) is 10.9 Å². The highest BCUT2D eigenvalue weighted by Gasteiger charge is 2.30. The molecule has 2 aromatic carbocycles. The molecule has 0 bridgehead atoms. The molecule has 3 aromatic rings. The largest absolute Gasteiger partial charge is 0.491 e. The van der Waals surface area contributed by atoms with Gasteiger partial charge in [-0.25, -0.2) is 12.8 Å². The summed E-state index contributed by atoms with van der Waals surface area (Å²) in [5, 5.41) is 0.741. The van der Waals surface area contributed by atoms with E-state index in [1.165, 1.54) is 16.4 Å². The number of nitrogens with zero attached hydrogens (tertiary/aromatic N) is 1. The molecule has 0 amide bonds. The fourth-order valence-corrected chi connectivity index (χ4v) is 4.89. The zero-order chi connectivity index (χ0) is 19.2. The number of rotatable bonds is 4. The third-order valence-corrected chi connectivity index (χ3v) is 6.59. The topological polar surface area (TPSA) is 62.4 Å². The average Bonchev–Trinajstić information content (AvgIpc) is 2.99. The summed E-state index contributed by atoms with van der Waals surface area (Å²) < 4.78 is 46.8. The standard InChI is InChI=1S/C20H21FN2O3S/c1-13(2)26-15-4-6-16(7-5-15)27(24,25)23-10-9-20-18(12-23)17-11-14(21)3-8-19(17)22-20/h3-8,11,13,22H,9-10,12H2,1-2H3. The molecule has 0 radical (unpaired) electrons. The van der Waals surface area contributed by atoms with Crippen molar-refractivity contribution in [1.82, 2.24) is 9.29 Å². The van der Waals surface area contributed by atoms with Crippen molar-refractivity contribution in [2.45, 2.75) is 37.8 Å². The highest BCUT2D eigenvalue weighted by molar-refractivity contribution is 7.89. The van der Waals surface area contributed by atoms with Crippen LogP contribution in [0.15, 0.2) is 47.4 Å². The molecule has 2 heterocycles. The van der Waals surface area contributed by atoms with Gasteiger partial charge in [-0.2, -0.15) is 4.31 Å². The summed E-state index contributed by atoms with van der Waals surface area (Å²) in [5.41, 5.74) is 2.65. The van der Waals surface area contributed by atoms with Gasteiger partial charge in [-0.15, -0.1) is 0 Å². The van der Waals surface area contributed by atoms with Crippen LogP contribution in [0.3, 0.4) is 0 Å². The van der Waals surface area contributed by atoms with Crippen molar-refractivity contribution in [3.05, 3.63) is 59.5 Å². The van der Waals surface area contributed by atoms with Gasteiger partial charge in [-0.3, -0.25) is 0 Å². The van der Waals surface area contributed by atoms with Crippen LogP contribution < -0.4 is 4.74 Å². The molecule has 0 unspecified atom stereocenters. The molecule has 5 nitrogen and oxygen atoms in total. The van der Waals surface area contributed by atoms with Gasteiger partial charge in [0.2, 0.25) is 10.0 Å². The van der Waals surface area contributed by atoms with Gasteiger partial charge in [0, 0.05) is 36.1 Å². The SMILES string of the molecule is CC(C)Oc1ccc(S(=O)(=O)N2CCc3[nH]c4ccc(F)cc4c3C2)cc1. The van der Waals surface area contributed by atoms with E-state index in [1.807, 2.05) is 13.8 Å². The van der Waals surface area contributed by atoms with E-state index >= 15 is 0 Å². The van der Waals surface area contributed by atoms with Gasteiger partial charge in [0.25, 0.3) is 0 Å². The lowest BCUT2D eigenvalue weighted by molar-refractivity contribution is 0.242. The third kappa shape index (κ3) is 3.33. The Labute approximate surface area is 157 Å². The number of aromatic amines is 1. The van der Waals surface area contributed by atoms with Crippen molar-refractivity contribution in [1.29, 1.82) is 0 Å². The van der Waals surface area contributed by atoms with Crippen molar-refractivity contribution in [2.75, 3.05) is 6.54 Å². The minimum Gasteiger partial charge on any atom is -0.491 e. The zero-order valence-electron chi connectivity index (χ0n) is 15.2. The minimum atomic E-state index is -3.64. The average molecular weight is 388 g/mol. The van der Waals surface area contributed by atoms with Crippen LogP contribution in [0, 0.1) is 5.82 Å². The molecule has 1 aromatic heterocycles. The molecule has 7 heteroatoms. The second-order valence-electron chi connectivity index (χ2n) is 7.00. The van der Waals surface area contributed by atoms with E-state index in [9.17, 15) is 12.8 Å². The van der Waals surface area contributed by atoms with E-state index < -0.39 is 10.0 Å². The fraction of sp³-hybridized carbons (Fsp3) is 0.300. The maximum Gasteiger partial charge on any atom is 0.243 e. The lowest BCUT2D eigenvalue weighted by atomic mass is 10.1. The molecule has 1 aliphatic rings. The van der Waals surface area contributed by atoms with Gasteiger partial charge in [0.15, 0.2) is 0 Å². The molecule has 0 spiro atoms. The normalized spacial score (nSPS) is 15.3. The van der Waals surface area contributed by atoms with E-state index in [4.69, 9.17) is 4.74 Å². The number of hydrogen-bond acceptors (Lipinski definition) is 3. The Kier molecular flexibility index (Phi) is 4.44. The Balaban J connectivity index is 1.64. The third-order valence-electron chi connectivity index (χ3n) is 4.74. The van der Waals surface area contributed by atoms with E-state index in [0.717, 1.165) is 22.2 Å². The fourth-order valence-electron chi connectivity index (χ4n) is 3.48. The van der Waals surface area contributed by atoms with Crippen LogP contribution in [0.5, 0.6) is 5.75 Å². The smallest absolute Gasteiger partial charge is 0.243 e. The number of H-pyrrole nitrogens is 1. The number of benzene rings is 2. The molecule has 1 aliphatic heterocycles. The first kappa shape index (κ1) is 18.0. The quantitative estimate of drug-likeness (QED) is 0.739. The summed E-state index contributed by atoms with van der Waals surface area (Å²) in [6, 6.07) is 11.0. The van der Waals surface area contributed by atoms with Crippen LogP contribution in [-0.2, 0) is 23.0 Å². The summed E-state index contributed by atoms with van der Waals surface area (Å²) in [6.45, 7) is 4.44. The predicted molar refractivity (Wildman–Crippen MR) is 102 cm³/mol. The Bertz CT molecular complexity index is 1090. The summed E-state index contributed by atoms with van der Waals surface area (Å²) in [4.78, 5) is 3.51. The summed E-state index contributed by atoms with van der Waals surface area (Å²) in [5.74, 6) is 0.307. The molecule has 27 heavy (non-hydrogen) atoms. The number of sulfonamides is 1. The molecular formula is C20H21FN2O3S. The van der Waals surface area contributed by atoms with Crippen molar-refractivity contribution in [2.24, 2.45) is 0 Å². The van der Waals surface area contributed by atoms with Gasteiger partial charge < -0.3 is 9.72 Å². The van der Waals surface area contributed by atoms with Crippen LogP contribution in [0.1, 0.15) is 25.1 Å². The van der Waals surface area contributed by atoms with Crippen LogP contribution in [-0.4, -0.2) is 30.4 Å². The lowest BCUT2D eigenvalue weighted by Crippen LogP contribution is -2.35. The first-order valence-corrected chi connectivity index (χ1v) is 10.3. The van der Waals surface area contributed by atoms with Crippen molar-refractivity contribution in [3.63, 3.8) is 0 Å². The molecular weight excluding hydrogens is 367 g/mol. The summed E-state index contributed by atoms with van der Waals surface area (Å²) in [7, 11) is -3.64. The van der Waals surface area contributed by atoms with E-state index in [1.54, 1.807) is 30.3 Å². The first-order valence-electron chi connectivity index (χ1n) is 8.90. The molecule has 0 aliphatic carbocycles. The van der Waals surface area contributed by atoms with Crippen molar-refractivity contribution >= 4 is 20.9 Å². The molecule has 1 N–H and O–H groups in total. The molecule has 0 fully saturated rings. The second-order valence-corrected chi connectivity index (χ2v) is 8.94. The Hall–Kier alpha value is -2.38. The molecule has 142 valence electrons. The highest BCUT2D eigenvalue weighted by Crippen LogP contribution is 2.31. The van der Waals surface area contributed by atoms with E-state index in [-0.39, 0.29) is 23.4 Å². The molecule has 0 atom stereocenters. The molecule has 4 rings (SSSR count). The number of ether oxygens (including phenoxy) is 1. The second kappa shape index (κ2) is 6.65. The number of halogens is 1. The van der Waals surface area contributed by atoms with E-state index in [0.29, 0.717) is 18.7 Å². The Morgan fingerprint density at radius 1 is 1.15 bits per heavy atom. The van der Waals surface area contributed by atoms with Crippen LogP contribution in [0.2, 0.25) is 0 Å². The Morgan fingerprint density at radius 3 is 2.59 bits per heavy atom. The van der Waals surface area contributed by atoms with Crippen molar-refractivity contribution in [3.8, 4) is 5.75 Å². The predicted octanol–water partition coefficient (Wildman–Crippen LogP) is 3.84.